The van der Waals surface area contributed by atoms with E-state index in [-0.39, 0.29) is 19.7 Å². The molecule has 0 radical (unpaired) electrons. The first-order valence-electron chi connectivity index (χ1n) is 8.92. The van der Waals surface area contributed by atoms with Crippen molar-refractivity contribution >= 4 is 17.5 Å². The van der Waals surface area contributed by atoms with Gasteiger partial charge in [-0.25, -0.2) is 9.18 Å². The van der Waals surface area contributed by atoms with Crippen LogP contribution in [-0.4, -0.2) is 40.5 Å². The zero-order chi connectivity index (χ0) is 21.7. The van der Waals surface area contributed by atoms with Crippen molar-refractivity contribution in [1.29, 1.82) is 0 Å². The van der Waals surface area contributed by atoms with Crippen molar-refractivity contribution in [2.75, 3.05) is 20.3 Å². The first-order valence-corrected chi connectivity index (χ1v) is 9.30. The molecule has 8 nitrogen and oxygen atoms in total. The van der Waals surface area contributed by atoms with Crippen molar-refractivity contribution < 1.29 is 13.9 Å². The number of nitrogens with zero attached hydrogens (tertiary/aromatic N) is 3. The highest BCUT2D eigenvalue weighted by Gasteiger charge is 2.20. The monoisotopic (exact) mass is 432 g/mol. The lowest BCUT2D eigenvalue weighted by Gasteiger charge is -2.12. The summed E-state index contributed by atoms with van der Waals surface area (Å²) in [7, 11) is 1.47. The Morgan fingerprint density at radius 2 is 1.93 bits per heavy atom. The van der Waals surface area contributed by atoms with Crippen LogP contribution in [0.2, 0.25) is 5.02 Å². The van der Waals surface area contributed by atoms with Crippen molar-refractivity contribution in [1.82, 2.24) is 19.7 Å². The zero-order valence-electron chi connectivity index (χ0n) is 16.0. The molecule has 1 amide bonds. The van der Waals surface area contributed by atoms with Crippen LogP contribution in [0.1, 0.15) is 16.1 Å². The summed E-state index contributed by atoms with van der Waals surface area (Å²) in [6, 6.07) is 11.6. The third kappa shape index (κ3) is 4.81. The lowest BCUT2D eigenvalue weighted by atomic mass is 10.2. The van der Waals surface area contributed by atoms with Crippen LogP contribution in [0.15, 0.2) is 58.1 Å². The molecule has 156 valence electrons. The molecule has 0 fully saturated rings. The molecule has 0 atom stereocenters. The standard InChI is InChI=1S/C20H18ClFN4O4/c1-30-10-9-23-18(27)17-19(28)25(12-13-3-2-4-15(22)11-13)20(29)26(24-17)16-7-5-14(21)6-8-16/h2-8,11H,9-10,12H2,1H3,(H,23,27). The molecule has 0 bridgehead atoms. The van der Waals surface area contributed by atoms with Gasteiger partial charge in [0.05, 0.1) is 18.8 Å². The quantitative estimate of drug-likeness (QED) is 0.572. The summed E-state index contributed by atoms with van der Waals surface area (Å²) in [6.07, 6.45) is 0. The van der Waals surface area contributed by atoms with E-state index in [9.17, 15) is 18.8 Å². The van der Waals surface area contributed by atoms with Crippen LogP contribution in [0.3, 0.4) is 0 Å². The molecule has 3 rings (SSSR count). The van der Waals surface area contributed by atoms with Gasteiger partial charge < -0.3 is 10.1 Å². The number of halogens is 2. The maximum Gasteiger partial charge on any atom is 0.352 e. The lowest BCUT2D eigenvalue weighted by molar-refractivity contribution is 0.0927. The van der Waals surface area contributed by atoms with Crippen LogP contribution in [0, 0.1) is 5.82 Å². The van der Waals surface area contributed by atoms with E-state index in [4.69, 9.17) is 16.3 Å². The lowest BCUT2D eigenvalue weighted by Crippen LogP contribution is -2.46. The van der Waals surface area contributed by atoms with Gasteiger partial charge in [-0.3, -0.25) is 14.2 Å². The Hall–Kier alpha value is -3.30. The molecule has 1 N–H and O–H groups in total. The molecule has 1 heterocycles. The summed E-state index contributed by atoms with van der Waals surface area (Å²) in [5.41, 5.74) is -1.45. The van der Waals surface area contributed by atoms with E-state index >= 15 is 0 Å². The average Bonchev–Trinajstić information content (AvgIpc) is 2.72. The second-order valence-electron chi connectivity index (χ2n) is 6.29. The number of hydrogen-bond donors (Lipinski definition) is 1. The molecule has 0 aliphatic heterocycles. The minimum Gasteiger partial charge on any atom is -0.383 e. The summed E-state index contributed by atoms with van der Waals surface area (Å²) in [6.45, 7) is 0.157. The van der Waals surface area contributed by atoms with Crippen LogP contribution < -0.4 is 16.6 Å². The Kier molecular flexibility index (Phi) is 6.76. The number of ether oxygens (including phenoxy) is 1. The highest BCUT2D eigenvalue weighted by Crippen LogP contribution is 2.11. The predicted molar refractivity (Wildman–Crippen MR) is 109 cm³/mol. The Bertz CT molecular complexity index is 1170. The van der Waals surface area contributed by atoms with Crippen molar-refractivity contribution in [2.45, 2.75) is 6.54 Å². The Morgan fingerprint density at radius 3 is 2.60 bits per heavy atom. The number of benzene rings is 2. The largest absolute Gasteiger partial charge is 0.383 e. The molecular weight excluding hydrogens is 415 g/mol. The van der Waals surface area contributed by atoms with Gasteiger partial charge in [-0.1, -0.05) is 23.7 Å². The zero-order valence-corrected chi connectivity index (χ0v) is 16.7. The van der Waals surface area contributed by atoms with Crippen molar-refractivity contribution in [3.8, 4) is 5.69 Å². The average molecular weight is 433 g/mol. The SMILES string of the molecule is COCCNC(=O)c1nn(-c2ccc(Cl)cc2)c(=O)n(Cc2cccc(F)c2)c1=O. The van der Waals surface area contributed by atoms with E-state index in [2.05, 4.69) is 10.4 Å². The fourth-order valence-corrected chi connectivity index (χ4v) is 2.84. The summed E-state index contributed by atoms with van der Waals surface area (Å²) in [5.74, 6) is -1.27. The molecular formula is C20H18ClFN4O4. The van der Waals surface area contributed by atoms with Gasteiger partial charge in [0.1, 0.15) is 5.82 Å². The first kappa shape index (κ1) is 21.4. The Labute approximate surface area is 175 Å². The van der Waals surface area contributed by atoms with Gasteiger partial charge in [0.2, 0.25) is 5.69 Å². The molecule has 0 aliphatic carbocycles. The molecule has 10 heteroatoms. The maximum atomic E-state index is 13.6. The molecule has 1 aromatic heterocycles. The molecule has 30 heavy (non-hydrogen) atoms. The van der Waals surface area contributed by atoms with E-state index in [1.165, 1.54) is 37.4 Å². The molecule has 0 saturated carbocycles. The summed E-state index contributed by atoms with van der Waals surface area (Å²) in [4.78, 5) is 38.4. The fraction of sp³-hybridized carbons (Fsp3) is 0.200. The van der Waals surface area contributed by atoms with Crippen LogP contribution >= 0.6 is 11.6 Å². The summed E-state index contributed by atoms with van der Waals surface area (Å²) >= 11 is 5.90. The number of hydrogen-bond acceptors (Lipinski definition) is 5. The highest BCUT2D eigenvalue weighted by molar-refractivity contribution is 6.30. The Balaban J connectivity index is 2.13. The van der Waals surface area contributed by atoms with Crippen molar-refractivity contribution in [3.05, 3.63) is 91.5 Å². The van der Waals surface area contributed by atoms with Gasteiger partial charge in [-0.15, -0.1) is 0 Å². The molecule has 2 aromatic carbocycles. The van der Waals surface area contributed by atoms with Gasteiger partial charge in [0.25, 0.3) is 11.5 Å². The van der Waals surface area contributed by atoms with Crippen molar-refractivity contribution in [3.63, 3.8) is 0 Å². The predicted octanol–water partition coefficient (Wildman–Crippen LogP) is 1.61. The maximum absolute atomic E-state index is 13.6. The summed E-state index contributed by atoms with van der Waals surface area (Å²) < 4.78 is 20.2. The van der Waals surface area contributed by atoms with E-state index < -0.39 is 28.7 Å². The third-order valence-electron chi connectivity index (χ3n) is 4.17. The number of carbonyl (C=O) groups excluding carboxylic acids is 1. The number of amides is 1. The van der Waals surface area contributed by atoms with Crippen LogP contribution in [0.4, 0.5) is 4.39 Å². The number of nitrogens with one attached hydrogen (secondary N) is 1. The smallest absolute Gasteiger partial charge is 0.352 e. The number of rotatable bonds is 7. The van der Waals surface area contributed by atoms with Gasteiger partial charge in [0.15, 0.2) is 0 Å². The van der Waals surface area contributed by atoms with E-state index in [0.29, 0.717) is 16.3 Å². The first-order chi connectivity index (χ1) is 14.4. The van der Waals surface area contributed by atoms with Crippen LogP contribution in [-0.2, 0) is 11.3 Å². The molecule has 0 unspecified atom stereocenters. The third-order valence-corrected chi connectivity index (χ3v) is 4.42. The van der Waals surface area contributed by atoms with Crippen molar-refractivity contribution in [2.24, 2.45) is 0 Å². The molecule has 0 saturated heterocycles. The van der Waals surface area contributed by atoms with E-state index in [1.54, 1.807) is 18.2 Å². The van der Waals surface area contributed by atoms with E-state index in [0.717, 1.165) is 9.25 Å². The summed E-state index contributed by atoms with van der Waals surface area (Å²) in [5, 5.41) is 6.93. The minimum atomic E-state index is -0.885. The fourth-order valence-electron chi connectivity index (χ4n) is 2.72. The molecule has 0 spiro atoms. The second-order valence-corrected chi connectivity index (χ2v) is 6.73. The Morgan fingerprint density at radius 1 is 1.20 bits per heavy atom. The van der Waals surface area contributed by atoms with Gasteiger partial charge in [-0.2, -0.15) is 9.78 Å². The van der Waals surface area contributed by atoms with Gasteiger partial charge >= 0.3 is 5.69 Å². The molecule has 3 aromatic rings. The van der Waals surface area contributed by atoms with Gasteiger partial charge in [0, 0.05) is 18.7 Å². The van der Waals surface area contributed by atoms with Crippen LogP contribution in [0.5, 0.6) is 0 Å². The molecule has 0 aliphatic rings. The second kappa shape index (κ2) is 9.47. The topological polar surface area (TPSA) is 95.2 Å². The highest BCUT2D eigenvalue weighted by atomic mass is 35.5. The van der Waals surface area contributed by atoms with E-state index in [1.807, 2.05) is 0 Å². The number of carbonyl (C=O) groups is 1. The minimum absolute atomic E-state index is 0.153. The number of methoxy groups -OCH3 is 1. The normalized spacial score (nSPS) is 10.8. The van der Waals surface area contributed by atoms with Crippen LogP contribution in [0.25, 0.3) is 5.69 Å². The van der Waals surface area contributed by atoms with Gasteiger partial charge in [-0.05, 0) is 42.0 Å². The number of aromatic nitrogens is 3.